The van der Waals surface area contributed by atoms with Crippen LogP contribution in [0.3, 0.4) is 0 Å². The van der Waals surface area contributed by atoms with Crippen LogP contribution in [0.4, 0.5) is 0 Å². The van der Waals surface area contributed by atoms with Gasteiger partial charge in [-0.3, -0.25) is 4.79 Å². The largest absolute Gasteiger partial charge is 0.389 e. The quantitative estimate of drug-likeness (QED) is 0.422. The second kappa shape index (κ2) is 5.53. The first kappa shape index (κ1) is 11.9. The van der Waals surface area contributed by atoms with Gasteiger partial charge in [0.2, 0.25) is 0 Å². The van der Waals surface area contributed by atoms with E-state index in [4.69, 9.17) is 15.3 Å². The van der Waals surface area contributed by atoms with Crippen LogP contribution >= 0.6 is 12.6 Å². The van der Waals surface area contributed by atoms with E-state index in [-0.39, 0.29) is 12.2 Å². The van der Waals surface area contributed by atoms with Gasteiger partial charge in [0, 0.05) is 12.2 Å². The smallest absolute Gasteiger partial charge is 0.163 e. The molecule has 0 saturated carbocycles. The predicted octanol–water partition coefficient (Wildman–Crippen LogP) is -1.02. The predicted molar refractivity (Wildman–Crippen MR) is 47.2 cm³/mol. The molecule has 4 nitrogen and oxygen atoms in total. The number of aliphatic hydroxyl groups excluding tert-OH is 3. The lowest BCUT2D eigenvalue weighted by Gasteiger charge is -2.19. The van der Waals surface area contributed by atoms with E-state index in [9.17, 15) is 4.79 Å². The van der Waals surface area contributed by atoms with Gasteiger partial charge in [0.05, 0.1) is 6.10 Å². The van der Waals surface area contributed by atoms with Crippen LogP contribution < -0.4 is 0 Å². The second-order valence-corrected chi connectivity index (χ2v) is 2.87. The van der Waals surface area contributed by atoms with Crippen molar-refractivity contribution in [2.45, 2.75) is 31.7 Å². The van der Waals surface area contributed by atoms with Crippen molar-refractivity contribution in [2.75, 3.05) is 5.75 Å². The van der Waals surface area contributed by atoms with Gasteiger partial charge in [-0.2, -0.15) is 12.6 Å². The molecule has 0 aliphatic heterocycles. The van der Waals surface area contributed by atoms with Gasteiger partial charge in [-0.1, -0.05) is 6.92 Å². The van der Waals surface area contributed by atoms with Gasteiger partial charge in [0.15, 0.2) is 5.78 Å². The molecule has 3 N–H and O–H groups in total. The normalized spacial score (nSPS) is 18.4. The van der Waals surface area contributed by atoms with E-state index in [1.54, 1.807) is 6.92 Å². The first-order valence-electron chi connectivity index (χ1n) is 3.72. The number of hydrogen-bond acceptors (Lipinski definition) is 5. The molecule has 0 rings (SSSR count). The second-order valence-electron chi connectivity index (χ2n) is 2.51. The lowest BCUT2D eigenvalue weighted by atomic mass is 10.0. The van der Waals surface area contributed by atoms with E-state index in [1.807, 2.05) is 0 Å². The molecule has 0 aliphatic rings. The molecule has 12 heavy (non-hydrogen) atoms. The molecule has 0 radical (unpaired) electrons. The number of carbonyl (C=O) groups excluding carboxylic acids is 1. The number of rotatable bonds is 5. The summed E-state index contributed by atoms with van der Waals surface area (Å²) in [7, 11) is 0. The van der Waals surface area contributed by atoms with Crippen LogP contribution in [-0.4, -0.2) is 45.2 Å². The molecule has 0 unspecified atom stereocenters. The fourth-order valence-corrected chi connectivity index (χ4v) is 0.934. The fraction of sp³-hybridized carbons (Fsp3) is 0.857. The summed E-state index contributed by atoms with van der Waals surface area (Å²) in [6.45, 7) is 1.57. The van der Waals surface area contributed by atoms with Gasteiger partial charge in [0.1, 0.15) is 12.2 Å². The van der Waals surface area contributed by atoms with E-state index >= 15 is 0 Å². The third kappa shape index (κ3) is 3.10. The highest BCUT2D eigenvalue weighted by Gasteiger charge is 2.27. The summed E-state index contributed by atoms with van der Waals surface area (Å²) in [5.74, 6) is -0.474. The SMILES string of the molecule is CCC(=O)[C@H](O)[C@H](O)[C@H](O)CS. The third-order valence-electron chi connectivity index (χ3n) is 1.58. The van der Waals surface area contributed by atoms with Gasteiger partial charge >= 0.3 is 0 Å². The van der Waals surface area contributed by atoms with E-state index in [0.29, 0.717) is 0 Å². The molecule has 0 saturated heterocycles. The Labute approximate surface area is 76.6 Å². The summed E-state index contributed by atoms with van der Waals surface area (Å²) in [4.78, 5) is 10.8. The number of hydrogen-bond donors (Lipinski definition) is 4. The fourth-order valence-electron chi connectivity index (χ4n) is 0.718. The molecular weight excluding hydrogens is 180 g/mol. The van der Waals surface area contributed by atoms with Crippen LogP contribution in [-0.2, 0) is 4.79 Å². The molecule has 0 bridgehead atoms. The Kier molecular flexibility index (Phi) is 5.48. The Morgan fingerprint density at radius 2 is 1.92 bits per heavy atom. The zero-order chi connectivity index (χ0) is 9.72. The Hall–Kier alpha value is -0.100. The molecule has 5 heteroatoms. The van der Waals surface area contributed by atoms with E-state index in [1.165, 1.54) is 0 Å². The molecule has 0 heterocycles. The molecule has 0 amide bonds. The van der Waals surface area contributed by atoms with Gasteiger partial charge < -0.3 is 15.3 Å². The van der Waals surface area contributed by atoms with Gasteiger partial charge in [-0.25, -0.2) is 0 Å². The lowest BCUT2D eigenvalue weighted by molar-refractivity contribution is -0.137. The molecule has 0 spiro atoms. The first-order valence-corrected chi connectivity index (χ1v) is 4.35. The molecule has 72 valence electrons. The standard InChI is InChI=1S/C7H14O4S/c1-2-4(8)6(10)7(11)5(9)3-12/h5-7,9-12H,2-3H2,1H3/t5-,6+,7-/m1/s1. The highest BCUT2D eigenvalue weighted by atomic mass is 32.1. The summed E-state index contributed by atoms with van der Waals surface area (Å²) in [5, 5.41) is 27.2. The Bertz CT molecular complexity index is 150. The minimum atomic E-state index is -1.50. The van der Waals surface area contributed by atoms with Crippen molar-refractivity contribution in [2.24, 2.45) is 0 Å². The Morgan fingerprint density at radius 3 is 2.25 bits per heavy atom. The van der Waals surface area contributed by atoms with Crippen LogP contribution in [0.5, 0.6) is 0 Å². The highest BCUT2D eigenvalue weighted by molar-refractivity contribution is 7.80. The topological polar surface area (TPSA) is 77.8 Å². The van der Waals surface area contributed by atoms with Crippen molar-refractivity contribution >= 4 is 18.4 Å². The minimum absolute atomic E-state index is 0.00915. The average molecular weight is 194 g/mol. The molecular formula is C7H14O4S. The van der Waals surface area contributed by atoms with Crippen molar-refractivity contribution in [1.82, 2.24) is 0 Å². The maximum atomic E-state index is 10.8. The number of thiol groups is 1. The minimum Gasteiger partial charge on any atom is -0.389 e. The number of carbonyl (C=O) groups is 1. The average Bonchev–Trinajstić information content (AvgIpc) is 2.12. The Morgan fingerprint density at radius 1 is 1.42 bits per heavy atom. The van der Waals surface area contributed by atoms with Crippen molar-refractivity contribution in [1.29, 1.82) is 0 Å². The maximum absolute atomic E-state index is 10.8. The van der Waals surface area contributed by atoms with Crippen molar-refractivity contribution in [3.63, 3.8) is 0 Å². The van der Waals surface area contributed by atoms with Crippen molar-refractivity contribution < 1.29 is 20.1 Å². The monoisotopic (exact) mass is 194 g/mol. The summed E-state index contributed by atoms with van der Waals surface area (Å²) < 4.78 is 0. The molecule has 0 aromatic rings. The van der Waals surface area contributed by atoms with Crippen molar-refractivity contribution in [3.8, 4) is 0 Å². The maximum Gasteiger partial charge on any atom is 0.163 e. The molecule has 0 aromatic carbocycles. The van der Waals surface area contributed by atoms with Crippen LogP contribution in [0.25, 0.3) is 0 Å². The third-order valence-corrected chi connectivity index (χ3v) is 1.96. The van der Waals surface area contributed by atoms with E-state index in [0.717, 1.165) is 0 Å². The summed E-state index contributed by atoms with van der Waals surface area (Å²) in [5.41, 5.74) is 0. The zero-order valence-electron chi connectivity index (χ0n) is 6.84. The van der Waals surface area contributed by atoms with Gasteiger partial charge in [0.25, 0.3) is 0 Å². The van der Waals surface area contributed by atoms with Gasteiger partial charge in [-0.15, -0.1) is 0 Å². The van der Waals surface area contributed by atoms with Crippen LogP contribution in [0.1, 0.15) is 13.3 Å². The molecule has 3 atom stereocenters. The van der Waals surface area contributed by atoms with Crippen LogP contribution in [0, 0.1) is 0 Å². The summed E-state index contributed by atoms with van der Waals surface area (Å²) in [6, 6.07) is 0. The number of ketones is 1. The molecule has 0 aromatic heterocycles. The summed E-state index contributed by atoms with van der Waals surface area (Å²) in [6.07, 6.45) is -3.97. The zero-order valence-corrected chi connectivity index (χ0v) is 7.74. The number of Topliss-reactive ketones (excluding diaryl/α,β-unsaturated/α-hetero) is 1. The van der Waals surface area contributed by atoms with E-state index in [2.05, 4.69) is 12.6 Å². The molecule has 0 fully saturated rings. The first-order chi connectivity index (χ1) is 5.54. The lowest BCUT2D eigenvalue weighted by Crippen LogP contribution is -2.42. The van der Waals surface area contributed by atoms with Crippen LogP contribution in [0.15, 0.2) is 0 Å². The molecule has 0 aliphatic carbocycles. The van der Waals surface area contributed by atoms with Crippen LogP contribution in [0.2, 0.25) is 0 Å². The Balaban J connectivity index is 4.08. The summed E-state index contributed by atoms with van der Waals surface area (Å²) >= 11 is 3.71. The van der Waals surface area contributed by atoms with E-state index < -0.39 is 24.1 Å². The number of aliphatic hydroxyl groups is 3. The van der Waals surface area contributed by atoms with Crippen molar-refractivity contribution in [3.05, 3.63) is 0 Å². The highest BCUT2D eigenvalue weighted by Crippen LogP contribution is 2.04. The van der Waals surface area contributed by atoms with Gasteiger partial charge in [-0.05, 0) is 0 Å².